The Bertz CT molecular complexity index is 819. The van der Waals surface area contributed by atoms with Crippen LogP contribution in [0.5, 0.6) is 5.75 Å². The number of ether oxygens (including phenoxy) is 2. The standard InChI is InChI=1S/C18H18O5S/c1-3-14-4-10-17(11-5-14)24(19,20)23-13-18(12-22-18)15-6-8-16(21-2)9-7-15/h3-11H,1,12-13H2,2H3. The van der Waals surface area contributed by atoms with E-state index in [-0.39, 0.29) is 11.5 Å². The molecule has 0 aromatic heterocycles. The third-order valence-electron chi connectivity index (χ3n) is 3.96. The van der Waals surface area contributed by atoms with Crippen molar-refractivity contribution in [2.45, 2.75) is 10.5 Å². The van der Waals surface area contributed by atoms with Gasteiger partial charge < -0.3 is 9.47 Å². The maximum absolute atomic E-state index is 12.3. The zero-order valence-corrected chi connectivity index (χ0v) is 14.1. The predicted octanol–water partition coefficient (Wildman–Crippen LogP) is 2.97. The van der Waals surface area contributed by atoms with Gasteiger partial charge in [-0.2, -0.15) is 8.42 Å². The second-order valence-corrected chi connectivity index (χ2v) is 7.12. The molecule has 1 aliphatic rings. The lowest BCUT2D eigenvalue weighted by atomic mass is 10.0. The second kappa shape index (κ2) is 6.39. The Balaban J connectivity index is 1.72. The monoisotopic (exact) mass is 346 g/mol. The van der Waals surface area contributed by atoms with Crippen LogP contribution >= 0.6 is 0 Å². The molecule has 0 radical (unpaired) electrons. The van der Waals surface area contributed by atoms with Crippen LogP contribution in [-0.2, 0) is 24.6 Å². The number of hydrogen-bond acceptors (Lipinski definition) is 5. The normalized spacial score (nSPS) is 19.7. The molecule has 6 heteroatoms. The molecule has 0 aliphatic carbocycles. The van der Waals surface area contributed by atoms with Gasteiger partial charge >= 0.3 is 0 Å². The van der Waals surface area contributed by atoms with Crippen molar-refractivity contribution >= 4 is 16.2 Å². The predicted molar refractivity (Wildman–Crippen MR) is 90.3 cm³/mol. The largest absolute Gasteiger partial charge is 0.497 e. The van der Waals surface area contributed by atoms with Crippen LogP contribution in [0.25, 0.3) is 6.08 Å². The van der Waals surface area contributed by atoms with Crippen molar-refractivity contribution in [3.05, 3.63) is 66.2 Å². The topological polar surface area (TPSA) is 65.1 Å². The van der Waals surface area contributed by atoms with Crippen molar-refractivity contribution in [3.63, 3.8) is 0 Å². The zero-order valence-electron chi connectivity index (χ0n) is 13.3. The third kappa shape index (κ3) is 3.36. The molecular weight excluding hydrogens is 328 g/mol. The number of hydrogen-bond donors (Lipinski definition) is 0. The van der Waals surface area contributed by atoms with Crippen LogP contribution in [-0.4, -0.2) is 28.7 Å². The molecule has 0 N–H and O–H groups in total. The summed E-state index contributed by atoms with van der Waals surface area (Å²) < 4.78 is 40.4. The summed E-state index contributed by atoms with van der Waals surface area (Å²) in [6, 6.07) is 13.7. The van der Waals surface area contributed by atoms with Crippen molar-refractivity contribution in [2.24, 2.45) is 0 Å². The molecule has 1 saturated heterocycles. The molecule has 0 saturated carbocycles. The van der Waals surface area contributed by atoms with Gasteiger partial charge in [0.1, 0.15) is 18.0 Å². The van der Waals surface area contributed by atoms with Gasteiger partial charge in [-0.25, -0.2) is 0 Å². The molecule has 24 heavy (non-hydrogen) atoms. The fourth-order valence-corrected chi connectivity index (χ4v) is 3.28. The van der Waals surface area contributed by atoms with Gasteiger partial charge in [0.15, 0.2) is 0 Å². The first-order chi connectivity index (χ1) is 11.5. The van der Waals surface area contributed by atoms with Gasteiger partial charge in [0.25, 0.3) is 10.1 Å². The van der Waals surface area contributed by atoms with Gasteiger partial charge in [0.2, 0.25) is 0 Å². The molecular formula is C18H18O5S. The van der Waals surface area contributed by atoms with E-state index in [1.54, 1.807) is 37.5 Å². The van der Waals surface area contributed by atoms with E-state index in [0.717, 1.165) is 16.9 Å². The van der Waals surface area contributed by atoms with Crippen LogP contribution in [0.3, 0.4) is 0 Å². The molecule has 0 spiro atoms. The van der Waals surface area contributed by atoms with Crippen LogP contribution in [0.2, 0.25) is 0 Å². The van der Waals surface area contributed by atoms with Crippen LogP contribution < -0.4 is 4.74 Å². The van der Waals surface area contributed by atoms with Crippen molar-refractivity contribution in [2.75, 3.05) is 20.3 Å². The number of rotatable bonds is 7. The van der Waals surface area contributed by atoms with Gasteiger partial charge in [-0.05, 0) is 35.4 Å². The molecule has 1 unspecified atom stereocenters. The lowest BCUT2D eigenvalue weighted by Gasteiger charge is -2.13. The van der Waals surface area contributed by atoms with E-state index < -0.39 is 15.7 Å². The van der Waals surface area contributed by atoms with Crippen molar-refractivity contribution in [3.8, 4) is 5.75 Å². The fraction of sp³-hybridized carbons (Fsp3) is 0.222. The van der Waals surface area contributed by atoms with E-state index in [1.165, 1.54) is 12.1 Å². The molecule has 1 fully saturated rings. The smallest absolute Gasteiger partial charge is 0.297 e. The van der Waals surface area contributed by atoms with E-state index in [4.69, 9.17) is 13.7 Å². The van der Waals surface area contributed by atoms with E-state index in [0.29, 0.717) is 6.61 Å². The average Bonchev–Trinajstić information content (AvgIpc) is 3.41. The summed E-state index contributed by atoms with van der Waals surface area (Å²) in [4.78, 5) is 0.110. The molecule has 126 valence electrons. The lowest BCUT2D eigenvalue weighted by Crippen LogP contribution is -2.20. The second-order valence-electron chi connectivity index (χ2n) is 5.50. The quantitative estimate of drug-likeness (QED) is 0.570. The highest BCUT2D eigenvalue weighted by atomic mass is 32.2. The molecule has 2 aromatic carbocycles. The Labute approximate surface area is 141 Å². The Morgan fingerprint density at radius 1 is 1.17 bits per heavy atom. The van der Waals surface area contributed by atoms with Crippen molar-refractivity contribution < 1.29 is 22.1 Å². The first kappa shape index (κ1) is 16.7. The molecule has 0 bridgehead atoms. The first-order valence-electron chi connectivity index (χ1n) is 7.39. The molecule has 0 amide bonds. The first-order valence-corrected chi connectivity index (χ1v) is 8.80. The van der Waals surface area contributed by atoms with Crippen molar-refractivity contribution in [1.82, 2.24) is 0 Å². The van der Waals surface area contributed by atoms with Crippen LogP contribution in [0.4, 0.5) is 0 Å². The highest BCUT2D eigenvalue weighted by Gasteiger charge is 2.48. The van der Waals surface area contributed by atoms with Gasteiger partial charge in [-0.15, -0.1) is 0 Å². The van der Waals surface area contributed by atoms with Gasteiger partial charge in [0.05, 0.1) is 18.6 Å². The minimum atomic E-state index is -3.84. The number of epoxide rings is 1. The zero-order chi connectivity index (χ0) is 17.2. The summed E-state index contributed by atoms with van der Waals surface area (Å²) in [6.45, 7) is 4.00. The Morgan fingerprint density at radius 3 is 2.29 bits per heavy atom. The van der Waals surface area contributed by atoms with Crippen LogP contribution in [0.1, 0.15) is 11.1 Å². The summed E-state index contributed by atoms with van der Waals surface area (Å²) in [5.41, 5.74) is 0.995. The maximum Gasteiger partial charge on any atom is 0.297 e. The highest BCUT2D eigenvalue weighted by Crippen LogP contribution is 2.40. The maximum atomic E-state index is 12.3. The molecule has 1 heterocycles. The van der Waals surface area contributed by atoms with E-state index >= 15 is 0 Å². The minimum Gasteiger partial charge on any atom is -0.497 e. The van der Waals surface area contributed by atoms with E-state index in [9.17, 15) is 8.42 Å². The van der Waals surface area contributed by atoms with E-state index in [2.05, 4.69) is 6.58 Å². The SMILES string of the molecule is C=Cc1ccc(S(=O)(=O)OCC2(c3ccc(OC)cc3)CO2)cc1. The third-order valence-corrected chi connectivity index (χ3v) is 5.24. The molecule has 1 atom stereocenters. The Hall–Kier alpha value is -2.15. The van der Waals surface area contributed by atoms with Crippen molar-refractivity contribution in [1.29, 1.82) is 0 Å². The van der Waals surface area contributed by atoms with Gasteiger partial charge in [0, 0.05) is 0 Å². The summed E-state index contributed by atoms with van der Waals surface area (Å²) in [5, 5.41) is 0. The summed E-state index contributed by atoms with van der Waals surface area (Å²) in [5.74, 6) is 0.727. The minimum absolute atomic E-state index is 0.0646. The van der Waals surface area contributed by atoms with Gasteiger partial charge in [-0.1, -0.05) is 36.9 Å². The fourth-order valence-electron chi connectivity index (χ4n) is 2.33. The summed E-state index contributed by atoms with van der Waals surface area (Å²) in [7, 11) is -2.25. The molecule has 2 aromatic rings. The Morgan fingerprint density at radius 2 is 1.79 bits per heavy atom. The van der Waals surface area contributed by atoms with E-state index in [1.807, 2.05) is 12.1 Å². The summed E-state index contributed by atoms with van der Waals surface area (Å²) in [6.07, 6.45) is 1.65. The number of benzene rings is 2. The Kier molecular flexibility index (Phi) is 4.45. The summed E-state index contributed by atoms with van der Waals surface area (Å²) >= 11 is 0. The molecule has 1 aliphatic heterocycles. The number of methoxy groups -OCH3 is 1. The lowest BCUT2D eigenvalue weighted by molar-refractivity contribution is 0.194. The van der Waals surface area contributed by atoms with Crippen LogP contribution in [0.15, 0.2) is 60.0 Å². The molecule has 5 nitrogen and oxygen atoms in total. The van der Waals surface area contributed by atoms with Gasteiger partial charge in [-0.3, -0.25) is 4.18 Å². The average molecular weight is 346 g/mol. The van der Waals surface area contributed by atoms with Crippen LogP contribution in [0, 0.1) is 0 Å². The molecule has 3 rings (SSSR count). The highest BCUT2D eigenvalue weighted by molar-refractivity contribution is 7.86.